The summed E-state index contributed by atoms with van der Waals surface area (Å²) in [7, 11) is 1.82. The van der Waals surface area contributed by atoms with Gasteiger partial charge in [-0.2, -0.15) is 5.10 Å². The van der Waals surface area contributed by atoms with Crippen LogP contribution in [0, 0.1) is 6.92 Å². The molecule has 31 heavy (non-hydrogen) atoms. The molecule has 0 saturated heterocycles. The van der Waals surface area contributed by atoms with Crippen molar-refractivity contribution < 1.29 is 4.79 Å². The predicted octanol–water partition coefficient (Wildman–Crippen LogP) is 5.91. The van der Waals surface area contributed by atoms with E-state index in [0.717, 1.165) is 33.4 Å². The van der Waals surface area contributed by atoms with Gasteiger partial charge < -0.3 is 4.90 Å². The van der Waals surface area contributed by atoms with Crippen molar-refractivity contribution in [3.63, 3.8) is 0 Å². The summed E-state index contributed by atoms with van der Waals surface area (Å²) in [4.78, 5) is 20.0. The number of amides is 1. The van der Waals surface area contributed by atoms with Crippen molar-refractivity contribution in [3.8, 4) is 11.3 Å². The molecule has 2 aromatic heterocycles. The maximum Gasteiger partial charge on any atom is 0.254 e. The first kappa shape index (κ1) is 21.1. The number of fused-ring (bicyclic) bond motifs is 1. The number of benzene rings is 2. The van der Waals surface area contributed by atoms with Crippen LogP contribution in [0.3, 0.4) is 0 Å². The van der Waals surface area contributed by atoms with Gasteiger partial charge in [-0.05, 0) is 45.0 Å². The molecule has 158 valence electrons. The Balaban J connectivity index is 1.73. The normalized spacial score (nSPS) is 11.3. The van der Waals surface area contributed by atoms with Crippen molar-refractivity contribution in [2.45, 2.75) is 33.4 Å². The Bertz CT molecular complexity index is 1260. The number of hydrogen-bond donors (Lipinski definition) is 0. The van der Waals surface area contributed by atoms with Gasteiger partial charge in [-0.3, -0.25) is 9.48 Å². The van der Waals surface area contributed by atoms with Crippen LogP contribution in [0.2, 0.25) is 5.02 Å². The summed E-state index contributed by atoms with van der Waals surface area (Å²) in [5, 5.41) is 5.94. The molecule has 0 aliphatic heterocycles. The molecular formula is C25H25ClN4O. The van der Waals surface area contributed by atoms with Crippen molar-refractivity contribution in [2.24, 2.45) is 0 Å². The Morgan fingerprint density at radius 3 is 2.61 bits per heavy atom. The lowest BCUT2D eigenvalue weighted by Gasteiger charge is -2.19. The molecule has 6 heteroatoms. The van der Waals surface area contributed by atoms with Crippen LogP contribution in [-0.2, 0) is 6.54 Å². The molecule has 0 fully saturated rings. The SMILES string of the molecule is Cc1c(CN(C)C(=O)c2cc(-c3cccc(Cl)c3)nc3ccccc23)cnn1C(C)C. The van der Waals surface area contributed by atoms with Crippen molar-refractivity contribution in [1.82, 2.24) is 19.7 Å². The lowest BCUT2D eigenvalue weighted by atomic mass is 10.0. The van der Waals surface area contributed by atoms with Crippen LogP contribution in [0.25, 0.3) is 22.2 Å². The van der Waals surface area contributed by atoms with Gasteiger partial charge in [0.05, 0.1) is 23.0 Å². The van der Waals surface area contributed by atoms with Gasteiger partial charge in [0, 0.05) is 46.9 Å². The van der Waals surface area contributed by atoms with Crippen LogP contribution in [0.4, 0.5) is 0 Å². The van der Waals surface area contributed by atoms with E-state index in [4.69, 9.17) is 16.6 Å². The number of rotatable bonds is 5. The van der Waals surface area contributed by atoms with Gasteiger partial charge in [-0.15, -0.1) is 0 Å². The van der Waals surface area contributed by atoms with Crippen molar-refractivity contribution in [2.75, 3.05) is 7.05 Å². The molecule has 0 saturated carbocycles. The third kappa shape index (κ3) is 4.19. The van der Waals surface area contributed by atoms with Crippen LogP contribution in [0.15, 0.2) is 60.8 Å². The molecule has 0 aliphatic rings. The average molecular weight is 433 g/mol. The molecule has 1 amide bonds. The molecule has 0 bridgehead atoms. The average Bonchev–Trinajstić information content (AvgIpc) is 3.12. The zero-order valence-corrected chi connectivity index (χ0v) is 18.9. The number of aromatic nitrogens is 3. The van der Waals surface area contributed by atoms with Crippen LogP contribution >= 0.6 is 11.6 Å². The Labute approximate surface area is 187 Å². The highest BCUT2D eigenvalue weighted by atomic mass is 35.5. The third-order valence-electron chi connectivity index (χ3n) is 5.46. The number of hydrogen-bond acceptors (Lipinski definition) is 3. The summed E-state index contributed by atoms with van der Waals surface area (Å²) >= 11 is 6.18. The molecule has 4 aromatic rings. The van der Waals surface area contributed by atoms with E-state index >= 15 is 0 Å². The Kier molecular flexibility index (Phi) is 5.79. The summed E-state index contributed by atoms with van der Waals surface area (Å²) in [6.45, 7) is 6.72. The maximum absolute atomic E-state index is 13.5. The second-order valence-electron chi connectivity index (χ2n) is 8.04. The highest BCUT2D eigenvalue weighted by Crippen LogP contribution is 2.27. The number of carbonyl (C=O) groups is 1. The Morgan fingerprint density at radius 1 is 1.13 bits per heavy atom. The first-order chi connectivity index (χ1) is 14.8. The molecule has 0 N–H and O–H groups in total. The quantitative estimate of drug-likeness (QED) is 0.393. The fraction of sp³-hybridized carbons (Fsp3) is 0.240. The van der Waals surface area contributed by atoms with Gasteiger partial charge in [-0.1, -0.05) is 41.9 Å². The zero-order valence-electron chi connectivity index (χ0n) is 18.1. The highest BCUT2D eigenvalue weighted by molar-refractivity contribution is 6.30. The topological polar surface area (TPSA) is 51.0 Å². The molecule has 0 unspecified atom stereocenters. The second-order valence-corrected chi connectivity index (χ2v) is 8.47. The van der Waals surface area contributed by atoms with Gasteiger partial charge in [0.15, 0.2) is 0 Å². The van der Waals surface area contributed by atoms with E-state index < -0.39 is 0 Å². The summed E-state index contributed by atoms with van der Waals surface area (Å²) < 4.78 is 1.98. The monoisotopic (exact) mass is 432 g/mol. The van der Waals surface area contributed by atoms with Crippen LogP contribution in [-0.4, -0.2) is 32.6 Å². The van der Waals surface area contributed by atoms with Crippen LogP contribution in [0.1, 0.15) is 41.5 Å². The minimum absolute atomic E-state index is 0.0569. The van der Waals surface area contributed by atoms with Gasteiger partial charge in [0.25, 0.3) is 5.91 Å². The molecule has 5 nitrogen and oxygen atoms in total. The molecule has 2 heterocycles. The lowest BCUT2D eigenvalue weighted by Crippen LogP contribution is -2.27. The van der Waals surface area contributed by atoms with E-state index in [9.17, 15) is 4.79 Å². The van der Waals surface area contributed by atoms with Crippen LogP contribution < -0.4 is 0 Å². The number of carbonyl (C=O) groups excluding carboxylic acids is 1. The summed E-state index contributed by atoms with van der Waals surface area (Å²) in [5.41, 5.74) is 5.12. The van der Waals surface area contributed by atoms with Gasteiger partial charge in [0.2, 0.25) is 0 Å². The molecule has 0 aliphatic carbocycles. The lowest BCUT2D eigenvalue weighted by molar-refractivity contribution is 0.0787. The minimum atomic E-state index is -0.0569. The molecule has 2 aromatic carbocycles. The van der Waals surface area contributed by atoms with Crippen LogP contribution in [0.5, 0.6) is 0 Å². The highest BCUT2D eigenvalue weighted by Gasteiger charge is 2.19. The second kappa shape index (κ2) is 8.52. The molecule has 0 radical (unpaired) electrons. The zero-order chi connectivity index (χ0) is 22.1. The Hall–Kier alpha value is -3.18. The fourth-order valence-corrected chi connectivity index (χ4v) is 4.01. The summed E-state index contributed by atoms with van der Waals surface area (Å²) in [6.07, 6.45) is 1.85. The first-order valence-corrected chi connectivity index (χ1v) is 10.7. The van der Waals surface area contributed by atoms with Crippen molar-refractivity contribution in [1.29, 1.82) is 0 Å². The predicted molar refractivity (Wildman–Crippen MR) is 125 cm³/mol. The summed E-state index contributed by atoms with van der Waals surface area (Å²) in [5.74, 6) is -0.0569. The maximum atomic E-state index is 13.5. The standard InChI is InChI=1S/C25H25ClN4O/c1-16(2)30-17(3)19(14-27-30)15-29(4)25(31)22-13-24(18-8-7-9-20(26)12-18)28-23-11-6-5-10-21(22)23/h5-14,16H,15H2,1-4H3. The number of halogens is 1. The molecule has 4 rings (SSSR count). The van der Waals surface area contributed by atoms with E-state index in [0.29, 0.717) is 17.1 Å². The van der Waals surface area contributed by atoms with E-state index in [1.165, 1.54) is 0 Å². The van der Waals surface area contributed by atoms with E-state index in [2.05, 4.69) is 18.9 Å². The minimum Gasteiger partial charge on any atom is -0.337 e. The first-order valence-electron chi connectivity index (χ1n) is 10.3. The largest absolute Gasteiger partial charge is 0.337 e. The smallest absolute Gasteiger partial charge is 0.254 e. The summed E-state index contributed by atoms with van der Waals surface area (Å²) in [6, 6.07) is 17.4. The molecular weight excluding hydrogens is 408 g/mol. The molecule has 0 atom stereocenters. The number of pyridine rings is 1. The van der Waals surface area contributed by atoms with E-state index in [-0.39, 0.29) is 11.9 Å². The van der Waals surface area contributed by atoms with Crippen molar-refractivity contribution >= 4 is 28.4 Å². The fourth-order valence-electron chi connectivity index (χ4n) is 3.82. The van der Waals surface area contributed by atoms with Gasteiger partial charge in [-0.25, -0.2) is 4.98 Å². The van der Waals surface area contributed by atoms with E-state index in [1.54, 1.807) is 4.90 Å². The third-order valence-corrected chi connectivity index (χ3v) is 5.69. The van der Waals surface area contributed by atoms with Gasteiger partial charge >= 0.3 is 0 Å². The Morgan fingerprint density at radius 2 is 1.90 bits per heavy atom. The van der Waals surface area contributed by atoms with Gasteiger partial charge in [0.1, 0.15) is 0 Å². The van der Waals surface area contributed by atoms with Crippen molar-refractivity contribution in [3.05, 3.63) is 82.6 Å². The number of para-hydroxylation sites is 1. The molecule has 0 spiro atoms. The van der Waals surface area contributed by atoms with E-state index in [1.807, 2.05) is 79.4 Å². The number of nitrogens with zero attached hydrogens (tertiary/aromatic N) is 4.